The van der Waals surface area contributed by atoms with Crippen LogP contribution >= 0.6 is 11.3 Å². The summed E-state index contributed by atoms with van der Waals surface area (Å²) in [5.74, 6) is -1.01. The second-order valence-corrected chi connectivity index (χ2v) is 6.46. The SMILES string of the molecule is O=C(O)c1cc(-c2ccccc2)c(=O)n2c1-c1ccsc1CC2. The molecule has 5 heteroatoms. The number of pyridine rings is 1. The van der Waals surface area contributed by atoms with Gasteiger partial charge in [-0.1, -0.05) is 30.3 Å². The van der Waals surface area contributed by atoms with Gasteiger partial charge < -0.3 is 9.67 Å². The topological polar surface area (TPSA) is 59.3 Å². The molecular formula is C18H13NO3S. The van der Waals surface area contributed by atoms with E-state index in [0.29, 0.717) is 17.8 Å². The Morgan fingerprint density at radius 1 is 1.13 bits per heavy atom. The molecule has 0 aliphatic carbocycles. The van der Waals surface area contributed by atoms with Crippen molar-refractivity contribution < 1.29 is 9.90 Å². The molecule has 114 valence electrons. The number of thiophene rings is 1. The molecule has 0 fully saturated rings. The summed E-state index contributed by atoms with van der Waals surface area (Å²) in [6, 6.07) is 12.6. The van der Waals surface area contributed by atoms with E-state index in [1.807, 2.05) is 41.8 Å². The van der Waals surface area contributed by atoms with Crippen molar-refractivity contribution in [3.8, 4) is 22.4 Å². The minimum atomic E-state index is -1.01. The summed E-state index contributed by atoms with van der Waals surface area (Å²) < 4.78 is 1.61. The average molecular weight is 323 g/mol. The van der Waals surface area contributed by atoms with Gasteiger partial charge in [0.25, 0.3) is 5.56 Å². The Hall–Kier alpha value is -2.66. The Bertz CT molecular complexity index is 970. The van der Waals surface area contributed by atoms with Gasteiger partial charge in [0.05, 0.1) is 11.3 Å². The number of aromatic nitrogens is 1. The van der Waals surface area contributed by atoms with Crippen molar-refractivity contribution in [3.63, 3.8) is 0 Å². The molecule has 0 amide bonds. The molecule has 0 atom stereocenters. The van der Waals surface area contributed by atoms with Crippen LogP contribution < -0.4 is 5.56 Å². The standard InChI is InChI=1S/C18H13NO3S/c20-17-13(11-4-2-1-3-5-11)10-14(18(21)22)16-12-7-9-23-15(12)6-8-19(16)17/h1-5,7,9-10H,6,8H2,(H,21,22). The van der Waals surface area contributed by atoms with E-state index < -0.39 is 5.97 Å². The molecule has 4 nitrogen and oxygen atoms in total. The van der Waals surface area contributed by atoms with E-state index in [0.717, 1.165) is 22.4 Å². The van der Waals surface area contributed by atoms with Crippen LogP contribution in [0.2, 0.25) is 0 Å². The summed E-state index contributed by atoms with van der Waals surface area (Å²) in [5.41, 5.74) is 2.63. The van der Waals surface area contributed by atoms with Crippen LogP contribution in [0.5, 0.6) is 0 Å². The van der Waals surface area contributed by atoms with Crippen LogP contribution in [0.3, 0.4) is 0 Å². The van der Waals surface area contributed by atoms with Gasteiger partial charge in [0, 0.05) is 29.0 Å². The van der Waals surface area contributed by atoms with Crippen molar-refractivity contribution in [2.45, 2.75) is 13.0 Å². The van der Waals surface area contributed by atoms with Gasteiger partial charge in [-0.2, -0.15) is 0 Å². The number of carbonyl (C=O) groups is 1. The second kappa shape index (κ2) is 5.21. The molecule has 1 aromatic carbocycles. The molecule has 1 N–H and O–H groups in total. The molecule has 1 aliphatic heterocycles. The molecule has 3 aromatic rings. The summed E-state index contributed by atoms with van der Waals surface area (Å²) >= 11 is 1.61. The van der Waals surface area contributed by atoms with Crippen LogP contribution in [0.4, 0.5) is 0 Å². The van der Waals surface area contributed by atoms with E-state index >= 15 is 0 Å². The molecule has 3 heterocycles. The molecule has 0 saturated heterocycles. The van der Waals surface area contributed by atoms with Gasteiger partial charge in [0.1, 0.15) is 0 Å². The van der Waals surface area contributed by atoms with Crippen LogP contribution in [0.1, 0.15) is 15.2 Å². The van der Waals surface area contributed by atoms with Gasteiger partial charge in [-0.15, -0.1) is 11.3 Å². The molecule has 0 unspecified atom stereocenters. The number of benzene rings is 1. The van der Waals surface area contributed by atoms with Crippen molar-refractivity contribution in [1.82, 2.24) is 4.57 Å². The highest BCUT2D eigenvalue weighted by atomic mass is 32.1. The molecule has 0 radical (unpaired) electrons. The van der Waals surface area contributed by atoms with E-state index in [4.69, 9.17) is 0 Å². The number of nitrogens with zero attached hydrogens (tertiary/aromatic N) is 1. The first kappa shape index (κ1) is 14.0. The highest BCUT2D eigenvalue weighted by Gasteiger charge is 2.26. The zero-order valence-electron chi connectivity index (χ0n) is 12.2. The Kier molecular flexibility index (Phi) is 3.16. The monoisotopic (exact) mass is 323 g/mol. The van der Waals surface area contributed by atoms with Crippen molar-refractivity contribution in [1.29, 1.82) is 0 Å². The van der Waals surface area contributed by atoms with Gasteiger partial charge >= 0.3 is 5.97 Å². The molecule has 4 rings (SSSR count). The van der Waals surface area contributed by atoms with Gasteiger partial charge in [0.15, 0.2) is 0 Å². The lowest BCUT2D eigenvalue weighted by Gasteiger charge is -2.22. The number of carboxylic acid groups (broad SMARTS) is 1. The molecule has 0 bridgehead atoms. The van der Waals surface area contributed by atoms with E-state index in [-0.39, 0.29) is 11.1 Å². The maximum Gasteiger partial charge on any atom is 0.337 e. The highest BCUT2D eigenvalue weighted by Crippen LogP contribution is 2.35. The first-order valence-electron chi connectivity index (χ1n) is 7.30. The van der Waals surface area contributed by atoms with Crippen molar-refractivity contribution in [2.24, 2.45) is 0 Å². The Balaban J connectivity index is 2.07. The first-order valence-corrected chi connectivity index (χ1v) is 8.18. The summed E-state index contributed by atoms with van der Waals surface area (Å²) in [6.07, 6.45) is 0.761. The number of hydrogen-bond acceptors (Lipinski definition) is 3. The van der Waals surface area contributed by atoms with Crippen LogP contribution in [-0.2, 0) is 13.0 Å². The summed E-state index contributed by atoms with van der Waals surface area (Å²) in [4.78, 5) is 25.8. The zero-order chi connectivity index (χ0) is 16.0. The lowest BCUT2D eigenvalue weighted by molar-refractivity contribution is 0.0697. The third-order valence-corrected chi connectivity index (χ3v) is 5.15. The van der Waals surface area contributed by atoms with Crippen molar-refractivity contribution in [2.75, 3.05) is 0 Å². The minimum Gasteiger partial charge on any atom is -0.478 e. The number of aromatic carboxylic acids is 1. The number of hydrogen-bond donors (Lipinski definition) is 1. The second-order valence-electron chi connectivity index (χ2n) is 5.46. The molecule has 1 aliphatic rings. The van der Waals surface area contributed by atoms with Gasteiger partial charge in [-0.05, 0) is 23.1 Å². The Morgan fingerprint density at radius 2 is 1.91 bits per heavy atom. The largest absolute Gasteiger partial charge is 0.478 e. The van der Waals surface area contributed by atoms with E-state index in [1.54, 1.807) is 15.9 Å². The molecule has 0 saturated carbocycles. The maximum absolute atomic E-state index is 12.9. The van der Waals surface area contributed by atoms with Crippen LogP contribution in [0.25, 0.3) is 22.4 Å². The van der Waals surface area contributed by atoms with Crippen LogP contribution in [0, 0.1) is 0 Å². The fourth-order valence-electron chi connectivity index (χ4n) is 3.12. The number of carboxylic acids is 1. The van der Waals surface area contributed by atoms with Gasteiger partial charge in [0.2, 0.25) is 0 Å². The Labute approximate surface area is 136 Å². The van der Waals surface area contributed by atoms with E-state index in [1.165, 1.54) is 6.07 Å². The predicted octanol–water partition coefficient (Wildman–Crippen LogP) is 3.50. The fraction of sp³-hybridized carbons (Fsp3) is 0.111. The molecule has 2 aromatic heterocycles. The smallest absolute Gasteiger partial charge is 0.337 e. The summed E-state index contributed by atoms with van der Waals surface area (Å²) in [6.45, 7) is 0.517. The molecule has 23 heavy (non-hydrogen) atoms. The molecule has 0 spiro atoms. The average Bonchev–Trinajstić information content (AvgIpc) is 3.04. The maximum atomic E-state index is 12.9. The number of fused-ring (bicyclic) bond motifs is 3. The summed E-state index contributed by atoms with van der Waals surface area (Å²) in [5, 5.41) is 11.6. The van der Waals surface area contributed by atoms with E-state index in [9.17, 15) is 14.7 Å². The van der Waals surface area contributed by atoms with Crippen molar-refractivity contribution >= 4 is 17.3 Å². The molecular weight excluding hydrogens is 310 g/mol. The fourth-order valence-corrected chi connectivity index (χ4v) is 3.99. The minimum absolute atomic E-state index is 0.131. The first-order chi connectivity index (χ1) is 11.2. The van der Waals surface area contributed by atoms with Crippen LogP contribution in [0.15, 0.2) is 52.6 Å². The quantitative estimate of drug-likeness (QED) is 0.785. The van der Waals surface area contributed by atoms with Gasteiger partial charge in [-0.25, -0.2) is 4.79 Å². The third kappa shape index (κ3) is 2.12. The predicted molar refractivity (Wildman–Crippen MR) is 90.1 cm³/mol. The van der Waals surface area contributed by atoms with Crippen LogP contribution in [-0.4, -0.2) is 15.6 Å². The normalized spacial score (nSPS) is 12.5. The zero-order valence-corrected chi connectivity index (χ0v) is 13.0. The lowest BCUT2D eigenvalue weighted by Crippen LogP contribution is -2.29. The number of aryl methyl sites for hydroxylation is 1. The summed E-state index contributed by atoms with van der Waals surface area (Å²) in [7, 11) is 0. The van der Waals surface area contributed by atoms with Crippen molar-refractivity contribution in [3.05, 3.63) is 68.6 Å². The lowest BCUT2D eigenvalue weighted by atomic mass is 9.97. The number of rotatable bonds is 2. The Morgan fingerprint density at radius 3 is 2.65 bits per heavy atom. The van der Waals surface area contributed by atoms with E-state index in [2.05, 4.69) is 0 Å². The highest BCUT2D eigenvalue weighted by molar-refractivity contribution is 7.10. The third-order valence-electron chi connectivity index (χ3n) is 4.17. The van der Waals surface area contributed by atoms with Gasteiger partial charge in [-0.3, -0.25) is 4.79 Å².